The fraction of sp³-hybridized carbons (Fsp3) is 0.941. The standard InChI is InChI=1S/C17H34N2O4/c1-13(20)12-19(15(21)23-16(2,3)4)9-8-18-14-7-10-22-17(5,6)11-14/h13-14,18,20H,7-12H2,1-6H3. The van der Waals surface area contributed by atoms with E-state index in [9.17, 15) is 9.90 Å². The topological polar surface area (TPSA) is 71.0 Å². The number of carbonyl (C=O) groups excluding carboxylic acids is 1. The first kappa shape index (κ1) is 20.2. The summed E-state index contributed by atoms with van der Waals surface area (Å²) in [6.07, 6.45) is 0.972. The third-order valence-corrected chi connectivity index (χ3v) is 3.65. The van der Waals surface area contributed by atoms with Crippen LogP contribution in [-0.2, 0) is 9.47 Å². The van der Waals surface area contributed by atoms with Crippen LogP contribution in [0.25, 0.3) is 0 Å². The van der Waals surface area contributed by atoms with Crippen molar-refractivity contribution < 1.29 is 19.4 Å². The van der Waals surface area contributed by atoms with E-state index in [0.29, 0.717) is 19.1 Å². The minimum absolute atomic E-state index is 0.0968. The molecule has 0 aromatic rings. The summed E-state index contributed by atoms with van der Waals surface area (Å²) in [6, 6.07) is 0.394. The van der Waals surface area contributed by atoms with Crippen LogP contribution in [0.5, 0.6) is 0 Å². The maximum atomic E-state index is 12.2. The van der Waals surface area contributed by atoms with Gasteiger partial charge in [0.2, 0.25) is 0 Å². The van der Waals surface area contributed by atoms with Gasteiger partial charge < -0.3 is 24.8 Å². The molecule has 0 aromatic heterocycles. The first-order valence-corrected chi connectivity index (χ1v) is 8.52. The molecule has 0 aromatic carbocycles. The van der Waals surface area contributed by atoms with Crippen LogP contribution in [0.3, 0.4) is 0 Å². The number of rotatable bonds is 6. The summed E-state index contributed by atoms with van der Waals surface area (Å²) in [5, 5.41) is 13.1. The Kier molecular flexibility index (Phi) is 7.29. The molecule has 1 aliphatic rings. The Morgan fingerprint density at radius 2 is 2.13 bits per heavy atom. The quantitative estimate of drug-likeness (QED) is 0.781. The molecule has 6 nitrogen and oxygen atoms in total. The molecular formula is C17H34N2O4. The van der Waals surface area contributed by atoms with E-state index in [1.807, 2.05) is 20.8 Å². The number of nitrogens with one attached hydrogen (secondary N) is 1. The lowest BCUT2D eigenvalue weighted by molar-refractivity contribution is -0.0630. The Morgan fingerprint density at radius 3 is 2.65 bits per heavy atom. The number of hydrogen-bond donors (Lipinski definition) is 2. The van der Waals surface area contributed by atoms with E-state index < -0.39 is 11.7 Å². The smallest absolute Gasteiger partial charge is 0.410 e. The van der Waals surface area contributed by atoms with Crippen LogP contribution in [0.4, 0.5) is 4.79 Å². The zero-order chi connectivity index (χ0) is 17.7. The predicted molar refractivity (Wildman–Crippen MR) is 90.5 cm³/mol. The van der Waals surface area contributed by atoms with Gasteiger partial charge in [-0.15, -0.1) is 0 Å². The Balaban J connectivity index is 2.46. The van der Waals surface area contributed by atoms with E-state index >= 15 is 0 Å². The first-order chi connectivity index (χ1) is 10.5. The molecule has 2 atom stereocenters. The molecule has 1 fully saturated rings. The fourth-order valence-electron chi connectivity index (χ4n) is 2.71. The average molecular weight is 330 g/mol. The monoisotopic (exact) mass is 330 g/mol. The first-order valence-electron chi connectivity index (χ1n) is 8.52. The molecule has 0 radical (unpaired) electrons. The molecule has 0 saturated carbocycles. The molecule has 2 unspecified atom stereocenters. The Labute approximate surface area is 140 Å². The highest BCUT2D eigenvalue weighted by Crippen LogP contribution is 2.23. The molecule has 0 aliphatic carbocycles. The molecule has 0 bridgehead atoms. The van der Waals surface area contributed by atoms with Gasteiger partial charge in [0.1, 0.15) is 5.60 Å². The third kappa shape index (κ3) is 8.53. The zero-order valence-electron chi connectivity index (χ0n) is 15.5. The highest BCUT2D eigenvalue weighted by molar-refractivity contribution is 5.68. The van der Waals surface area contributed by atoms with Crippen LogP contribution in [0.1, 0.15) is 54.4 Å². The second-order valence-electron chi connectivity index (χ2n) is 8.03. The number of nitrogens with zero attached hydrogens (tertiary/aromatic N) is 1. The van der Waals surface area contributed by atoms with Crippen molar-refractivity contribution in [2.24, 2.45) is 0 Å². The predicted octanol–water partition coefficient (Wildman–Crippen LogP) is 2.15. The Morgan fingerprint density at radius 1 is 1.48 bits per heavy atom. The van der Waals surface area contributed by atoms with Gasteiger partial charge in [0.05, 0.1) is 11.7 Å². The van der Waals surface area contributed by atoms with Gasteiger partial charge in [0.25, 0.3) is 0 Å². The number of ether oxygens (including phenoxy) is 2. The van der Waals surface area contributed by atoms with E-state index in [1.54, 1.807) is 11.8 Å². The normalized spacial score (nSPS) is 22.5. The van der Waals surface area contributed by atoms with Crippen molar-refractivity contribution in [2.45, 2.75) is 77.7 Å². The van der Waals surface area contributed by atoms with Crippen molar-refractivity contribution in [2.75, 3.05) is 26.2 Å². The Hall–Kier alpha value is -0.850. The number of amides is 1. The van der Waals surface area contributed by atoms with Gasteiger partial charge >= 0.3 is 6.09 Å². The summed E-state index contributed by atoms with van der Waals surface area (Å²) < 4.78 is 11.1. The van der Waals surface area contributed by atoms with Crippen LogP contribution < -0.4 is 5.32 Å². The van der Waals surface area contributed by atoms with Crippen molar-refractivity contribution in [3.8, 4) is 0 Å². The summed E-state index contributed by atoms with van der Waals surface area (Å²) >= 11 is 0. The molecule has 136 valence electrons. The van der Waals surface area contributed by atoms with Gasteiger partial charge in [0.15, 0.2) is 0 Å². The van der Waals surface area contributed by atoms with Gasteiger partial charge in [0, 0.05) is 32.3 Å². The Bertz CT molecular complexity index is 377. The van der Waals surface area contributed by atoms with E-state index in [1.165, 1.54) is 0 Å². The molecule has 1 rings (SSSR count). The van der Waals surface area contributed by atoms with E-state index in [-0.39, 0.29) is 18.2 Å². The van der Waals surface area contributed by atoms with Gasteiger partial charge in [-0.1, -0.05) is 0 Å². The molecule has 1 heterocycles. The van der Waals surface area contributed by atoms with Crippen LogP contribution in [0.15, 0.2) is 0 Å². The van der Waals surface area contributed by atoms with Crippen molar-refractivity contribution in [1.29, 1.82) is 0 Å². The van der Waals surface area contributed by atoms with Crippen LogP contribution >= 0.6 is 0 Å². The van der Waals surface area contributed by atoms with Crippen LogP contribution in [0.2, 0.25) is 0 Å². The van der Waals surface area contributed by atoms with Gasteiger partial charge in [-0.25, -0.2) is 4.79 Å². The summed E-state index contributed by atoms with van der Waals surface area (Å²) in [5.41, 5.74) is -0.632. The molecule has 1 amide bonds. The highest BCUT2D eigenvalue weighted by Gasteiger charge is 2.29. The van der Waals surface area contributed by atoms with Gasteiger partial charge in [-0.05, 0) is 54.4 Å². The number of hydrogen-bond acceptors (Lipinski definition) is 5. The lowest BCUT2D eigenvalue weighted by atomic mass is 9.94. The van der Waals surface area contributed by atoms with Gasteiger partial charge in [-0.3, -0.25) is 0 Å². The SMILES string of the molecule is CC(O)CN(CCNC1CCOC(C)(C)C1)C(=O)OC(C)(C)C. The zero-order valence-corrected chi connectivity index (χ0v) is 15.5. The molecule has 1 saturated heterocycles. The van der Waals surface area contributed by atoms with Gasteiger partial charge in [-0.2, -0.15) is 0 Å². The minimum atomic E-state index is -0.579. The molecular weight excluding hydrogens is 296 g/mol. The third-order valence-electron chi connectivity index (χ3n) is 3.65. The van der Waals surface area contributed by atoms with E-state index in [0.717, 1.165) is 19.4 Å². The van der Waals surface area contributed by atoms with Crippen molar-refractivity contribution in [1.82, 2.24) is 10.2 Å². The summed E-state index contributed by atoms with van der Waals surface area (Å²) in [4.78, 5) is 13.8. The van der Waals surface area contributed by atoms with Crippen LogP contribution in [0, 0.1) is 0 Å². The molecule has 2 N–H and O–H groups in total. The average Bonchev–Trinajstić information content (AvgIpc) is 2.33. The number of carbonyl (C=O) groups is 1. The maximum absolute atomic E-state index is 12.2. The van der Waals surface area contributed by atoms with Crippen molar-refractivity contribution >= 4 is 6.09 Å². The summed E-state index contributed by atoms with van der Waals surface area (Å²) in [5.74, 6) is 0. The van der Waals surface area contributed by atoms with E-state index in [4.69, 9.17) is 9.47 Å². The second kappa shape index (κ2) is 8.31. The number of aliphatic hydroxyl groups excluding tert-OH is 1. The fourth-order valence-corrected chi connectivity index (χ4v) is 2.71. The van der Waals surface area contributed by atoms with Crippen molar-refractivity contribution in [3.63, 3.8) is 0 Å². The second-order valence-corrected chi connectivity index (χ2v) is 8.03. The largest absolute Gasteiger partial charge is 0.444 e. The number of aliphatic hydroxyl groups is 1. The van der Waals surface area contributed by atoms with Crippen molar-refractivity contribution in [3.05, 3.63) is 0 Å². The molecule has 23 heavy (non-hydrogen) atoms. The molecule has 0 spiro atoms. The lowest BCUT2D eigenvalue weighted by Gasteiger charge is -2.36. The lowest BCUT2D eigenvalue weighted by Crippen LogP contribution is -2.48. The van der Waals surface area contributed by atoms with Crippen LogP contribution in [-0.4, -0.2) is 65.7 Å². The summed E-state index contributed by atoms with van der Waals surface area (Å²) in [6.45, 7) is 13.6. The summed E-state index contributed by atoms with van der Waals surface area (Å²) in [7, 11) is 0. The maximum Gasteiger partial charge on any atom is 0.410 e. The van der Waals surface area contributed by atoms with E-state index in [2.05, 4.69) is 19.2 Å². The molecule has 6 heteroatoms. The highest BCUT2D eigenvalue weighted by atomic mass is 16.6. The molecule has 1 aliphatic heterocycles. The minimum Gasteiger partial charge on any atom is -0.444 e.